The molecule has 0 saturated heterocycles. The van der Waals surface area contributed by atoms with Crippen molar-refractivity contribution in [2.75, 3.05) is 4.90 Å². The lowest BCUT2D eigenvalue weighted by Gasteiger charge is -2.34. The molecule has 0 amide bonds. The van der Waals surface area contributed by atoms with Gasteiger partial charge in [-0.2, -0.15) is 0 Å². The predicted octanol–water partition coefficient (Wildman–Crippen LogP) is 11.1. The minimum absolute atomic E-state index is 0.213. The Morgan fingerprint density at radius 3 is 2.30 bits per heavy atom. The van der Waals surface area contributed by atoms with E-state index in [0.29, 0.717) is 17.9 Å². The minimum atomic E-state index is 0.213. The summed E-state index contributed by atoms with van der Waals surface area (Å²) in [6.07, 6.45) is 24.4. The molecule has 2 aromatic heterocycles. The molecule has 4 unspecified atom stereocenters. The largest absolute Gasteiger partial charge is 0.337 e. The highest BCUT2D eigenvalue weighted by Crippen LogP contribution is 2.53. The maximum Gasteiger partial charge on any atom is 0.235 e. The first-order valence-corrected chi connectivity index (χ1v) is 18.0. The van der Waals surface area contributed by atoms with Crippen LogP contribution in [0.25, 0.3) is 39.0 Å². The molecular weight excluding hydrogens is 609 g/mol. The van der Waals surface area contributed by atoms with Gasteiger partial charge in [-0.05, 0) is 67.0 Å². The van der Waals surface area contributed by atoms with Crippen molar-refractivity contribution in [3.8, 4) is 17.2 Å². The molecule has 10 rings (SSSR count). The van der Waals surface area contributed by atoms with Crippen molar-refractivity contribution in [2.45, 2.75) is 49.5 Å². The Kier molecular flexibility index (Phi) is 7.00. The van der Waals surface area contributed by atoms with Crippen LogP contribution in [0.3, 0.4) is 0 Å². The van der Waals surface area contributed by atoms with Gasteiger partial charge in [-0.15, -0.1) is 0 Å². The number of anilines is 1. The first-order chi connectivity index (χ1) is 24.8. The Morgan fingerprint density at radius 2 is 1.44 bits per heavy atom. The molecule has 4 nitrogen and oxygen atoms in total. The third-order valence-electron chi connectivity index (χ3n) is 11.2. The summed E-state index contributed by atoms with van der Waals surface area (Å²) in [5, 5.41) is 2.47. The van der Waals surface area contributed by atoms with Gasteiger partial charge >= 0.3 is 0 Å². The SMILES string of the molecule is C1=CCC(c2cc(-c3ccccc3)nc(-n3c4ccccc4c4ccc(C5CC=C6C(C5)c5ccccc5N6C5C=CC=CC5)cc43)n2)C=C1. The number of hydrogen-bond donors (Lipinski definition) is 0. The molecule has 0 spiro atoms. The second-order valence-corrected chi connectivity index (χ2v) is 14.0. The topological polar surface area (TPSA) is 34.0 Å². The van der Waals surface area contributed by atoms with Gasteiger partial charge in [-0.1, -0.05) is 134 Å². The zero-order chi connectivity index (χ0) is 33.0. The molecule has 0 radical (unpaired) electrons. The van der Waals surface area contributed by atoms with E-state index < -0.39 is 0 Å². The van der Waals surface area contributed by atoms with Crippen molar-refractivity contribution in [1.82, 2.24) is 14.5 Å². The van der Waals surface area contributed by atoms with Crippen LogP contribution >= 0.6 is 0 Å². The monoisotopic (exact) mass is 646 g/mol. The average Bonchev–Trinajstić information content (AvgIpc) is 3.71. The number of aromatic nitrogens is 3. The van der Waals surface area contributed by atoms with Crippen LogP contribution in [0.5, 0.6) is 0 Å². The van der Waals surface area contributed by atoms with E-state index in [2.05, 4.69) is 167 Å². The lowest BCUT2D eigenvalue weighted by Crippen LogP contribution is -2.32. The van der Waals surface area contributed by atoms with E-state index in [-0.39, 0.29) is 5.92 Å². The molecule has 3 aliphatic carbocycles. The molecule has 4 atom stereocenters. The van der Waals surface area contributed by atoms with Gasteiger partial charge in [0.05, 0.1) is 28.5 Å². The van der Waals surface area contributed by atoms with E-state index in [4.69, 9.17) is 9.97 Å². The zero-order valence-electron chi connectivity index (χ0n) is 27.9. The smallest absolute Gasteiger partial charge is 0.235 e. The van der Waals surface area contributed by atoms with Crippen LogP contribution < -0.4 is 4.90 Å². The van der Waals surface area contributed by atoms with Crippen LogP contribution in [0.2, 0.25) is 0 Å². The molecule has 3 heterocycles. The van der Waals surface area contributed by atoms with Crippen LogP contribution in [-0.2, 0) is 0 Å². The van der Waals surface area contributed by atoms with Crippen molar-refractivity contribution in [3.63, 3.8) is 0 Å². The molecule has 0 saturated carbocycles. The fourth-order valence-electron chi connectivity index (χ4n) is 8.76. The molecular formula is C46H38N4. The number of nitrogens with zero attached hydrogens (tertiary/aromatic N) is 4. The fourth-order valence-corrected chi connectivity index (χ4v) is 8.76. The number of hydrogen-bond acceptors (Lipinski definition) is 3. The maximum absolute atomic E-state index is 5.33. The van der Waals surface area contributed by atoms with Crippen LogP contribution in [0.15, 0.2) is 164 Å². The summed E-state index contributed by atoms with van der Waals surface area (Å²) in [5.74, 6) is 1.76. The Labute approximate surface area is 293 Å². The van der Waals surface area contributed by atoms with E-state index in [1.54, 1.807) is 0 Å². The number of rotatable bonds is 5. The Morgan fingerprint density at radius 1 is 0.640 bits per heavy atom. The van der Waals surface area contributed by atoms with Gasteiger partial charge in [0.15, 0.2) is 0 Å². The Balaban J connectivity index is 1.10. The molecule has 0 bridgehead atoms. The van der Waals surface area contributed by atoms with Crippen molar-refractivity contribution in [1.29, 1.82) is 0 Å². The van der Waals surface area contributed by atoms with Crippen LogP contribution in [0.1, 0.15) is 60.3 Å². The predicted molar refractivity (Wildman–Crippen MR) is 206 cm³/mol. The summed E-state index contributed by atoms with van der Waals surface area (Å²) in [5.41, 5.74) is 11.1. The second-order valence-electron chi connectivity index (χ2n) is 14.0. The van der Waals surface area contributed by atoms with Crippen molar-refractivity contribution in [3.05, 3.63) is 180 Å². The Bertz CT molecular complexity index is 2420. The van der Waals surface area contributed by atoms with E-state index in [9.17, 15) is 0 Å². The molecule has 1 aliphatic heterocycles. The van der Waals surface area contributed by atoms with Crippen molar-refractivity contribution >= 4 is 27.5 Å². The molecule has 6 aromatic rings. The number of fused-ring (bicyclic) bond motifs is 6. The van der Waals surface area contributed by atoms with Gasteiger partial charge in [-0.25, -0.2) is 9.97 Å². The van der Waals surface area contributed by atoms with E-state index in [1.807, 2.05) is 0 Å². The summed E-state index contributed by atoms with van der Waals surface area (Å²) in [6.45, 7) is 0. The van der Waals surface area contributed by atoms with Crippen LogP contribution in [0.4, 0.5) is 5.69 Å². The molecule has 0 N–H and O–H groups in total. The third kappa shape index (κ3) is 4.81. The highest BCUT2D eigenvalue weighted by Gasteiger charge is 2.40. The number of para-hydroxylation sites is 2. The molecule has 4 aliphatic rings. The first kappa shape index (κ1) is 29.2. The molecule has 242 valence electrons. The fraction of sp³-hybridized carbons (Fsp3) is 0.174. The van der Waals surface area contributed by atoms with Gasteiger partial charge in [0.2, 0.25) is 5.95 Å². The average molecular weight is 647 g/mol. The number of benzene rings is 4. The van der Waals surface area contributed by atoms with Crippen LogP contribution in [0, 0.1) is 0 Å². The quantitative estimate of drug-likeness (QED) is 0.187. The highest BCUT2D eigenvalue weighted by atomic mass is 15.2. The normalized spacial score (nSPS) is 22.2. The summed E-state index contributed by atoms with van der Waals surface area (Å²) < 4.78 is 2.31. The molecule has 4 heteroatoms. The summed E-state index contributed by atoms with van der Waals surface area (Å²) in [7, 11) is 0. The number of allylic oxidation sites excluding steroid dienone is 8. The van der Waals surface area contributed by atoms with E-state index in [0.717, 1.165) is 54.1 Å². The minimum Gasteiger partial charge on any atom is -0.337 e. The van der Waals surface area contributed by atoms with Crippen molar-refractivity contribution in [2.24, 2.45) is 0 Å². The third-order valence-corrected chi connectivity index (χ3v) is 11.2. The molecule has 4 aromatic carbocycles. The van der Waals surface area contributed by atoms with E-state index in [1.165, 1.54) is 38.8 Å². The van der Waals surface area contributed by atoms with Gasteiger partial charge in [0.25, 0.3) is 0 Å². The van der Waals surface area contributed by atoms with Crippen molar-refractivity contribution < 1.29 is 0 Å². The first-order valence-electron chi connectivity index (χ1n) is 18.0. The van der Waals surface area contributed by atoms with E-state index >= 15 is 0 Å². The summed E-state index contributed by atoms with van der Waals surface area (Å²) in [6, 6.07) is 38.0. The lowest BCUT2D eigenvalue weighted by atomic mass is 9.78. The standard InChI is InChI=1S/C46H38N4/c1-4-14-31(15-5-1)40-30-41(32-16-6-2-7-17-32)48-46(47-40)50-43-23-13-10-20-36(43)38-26-24-34(29-45(38)50)33-25-27-44-39(28-33)37-21-11-12-22-42(37)49(44)35-18-8-3-9-19-35/h1-16,18,20-24,26-27,29-30,32-33,35,39H,17,19,25,28H2. The van der Waals surface area contributed by atoms with Crippen LogP contribution in [-0.4, -0.2) is 20.6 Å². The highest BCUT2D eigenvalue weighted by molar-refractivity contribution is 6.09. The Hall–Kier alpha value is -5.74. The zero-order valence-corrected chi connectivity index (χ0v) is 27.9. The maximum atomic E-state index is 5.33. The second kappa shape index (κ2) is 12.0. The van der Waals surface area contributed by atoms with Gasteiger partial charge in [0, 0.05) is 39.6 Å². The van der Waals surface area contributed by atoms with Gasteiger partial charge in [0.1, 0.15) is 0 Å². The van der Waals surface area contributed by atoms with Gasteiger partial charge < -0.3 is 4.90 Å². The molecule has 50 heavy (non-hydrogen) atoms. The summed E-state index contributed by atoms with van der Waals surface area (Å²) >= 11 is 0. The van der Waals surface area contributed by atoms with Gasteiger partial charge in [-0.3, -0.25) is 4.57 Å². The lowest BCUT2D eigenvalue weighted by molar-refractivity contribution is 0.542. The summed E-state index contributed by atoms with van der Waals surface area (Å²) in [4.78, 5) is 13.2. The molecule has 0 fully saturated rings.